The molecule has 0 heterocycles. The van der Waals surface area contributed by atoms with Crippen molar-refractivity contribution in [2.45, 2.75) is 89.4 Å². The molecule has 0 aromatic rings. The fourth-order valence-electron chi connectivity index (χ4n) is 2.14. The second-order valence-corrected chi connectivity index (χ2v) is 7.23. The molecule has 0 radical (unpaired) electrons. The van der Waals surface area contributed by atoms with Gasteiger partial charge in [-0.25, -0.2) is 8.42 Å². The van der Waals surface area contributed by atoms with Gasteiger partial charge in [-0.2, -0.15) is 0 Å². The average Bonchev–Trinajstić information content (AvgIpc) is 2.31. The Morgan fingerprint density at radius 3 is 1.85 bits per heavy atom. The van der Waals surface area contributed by atoms with Gasteiger partial charge in [-0.3, -0.25) is 0 Å². The van der Waals surface area contributed by atoms with Gasteiger partial charge in [-0.05, 0) is 26.2 Å². The van der Waals surface area contributed by atoms with Crippen molar-refractivity contribution in [3.05, 3.63) is 0 Å². The van der Waals surface area contributed by atoms with E-state index in [1.165, 1.54) is 6.92 Å². The van der Waals surface area contributed by atoms with Crippen LogP contribution in [0.25, 0.3) is 0 Å². The first-order valence-corrected chi connectivity index (χ1v) is 8.97. The Hall–Kier alpha value is 0.870. The first-order valence-electron chi connectivity index (χ1n) is 7.50. The molecule has 0 fully saturated rings. The number of rotatable bonds is 12. The summed E-state index contributed by atoms with van der Waals surface area (Å²) in [6, 6.07) is 0. The molecule has 0 rings (SSSR count). The van der Waals surface area contributed by atoms with Crippen molar-refractivity contribution < 1.29 is 47.6 Å². The number of hydrogen-bond donors (Lipinski definition) is 1. The quantitative estimate of drug-likeness (QED) is 0.317. The van der Waals surface area contributed by atoms with Gasteiger partial charge in [0.2, 0.25) is 0 Å². The van der Waals surface area contributed by atoms with Crippen molar-refractivity contribution >= 4 is 10.1 Å². The molecule has 0 aromatic heterocycles. The molecule has 0 saturated carbocycles. The van der Waals surface area contributed by atoms with Crippen LogP contribution in [0.2, 0.25) is 0 Å². The van der Waals surface area contributed by atoms with Crippen molar-refractivity contribution in [2.75, 3.05) is 0 Å². The monoisotopic (exact) mass is 316 g/mol. The van der Waals surface area contributed by atoms with Crippen LogP contribution in [0.5, 0.6) is 0 Å². The number of aliphatic hydroxyl groups is 1. The molecule has 0 bridgehead atoms. The van der Waals surface area contributed by atoms with Gasteiger partial charge in [0.1, 0.15) is 0 Å². The molecule has 0 aromatic carbocycles. The third kappa shape index (κ3) is 13.8. The van der Waals surface area contributed by atoms with E-state index in [0.29, 0.717) is 6.42 Å². The Morgan fingerprint density at radius 1 is 0.950 bits per heavy atom. The summed E-state index contributed by atoms with van der Waals surface area (Å²) in [7, 11) is -4.10. The predicted molar refractivity (Wildman–Crippen MR) is 77.0 cm³/mol. The van der Waals surface area contributed by atoms with Crippen molar-refractivity contribution in [3.63, 3.8) is 0 Å². The molecule has 0 aliphatic carbocycles. The van der Waals surface area contributed by atoms with E-state index in [0.717, 1.165) is 57.8 Å². The van der Waals surface area contributed by atoms with Crippen LogP contribution >= 0.6 is 0 Å². The molecule has 1 N–H and O–H groups in total. The van der Waals surface area contributed by atoms with E-state index in [1.807, 2.05) is 0 Å². The Kier molecular flexibility index (Phi) is 15.7. The maximum absolute atomic E-state index is 10.7. The summed E-state index contributed by atoms with van der Waals surface area (Å²) in [6.07, 6.45) is 9.31. The van der Waals surface area contributed by atoms with Crippen LogP contribution < -0.4 is 29.6 Å². The van der Waals surface area contributed by atoms with Gasteiger partial charge in [0, 0.05) is 5.25 Å². The number of hydrogen-bond acceptors (Lipinski definition) is 4. The smallest absolute Gasteiger partial charge is 0.748 e. The van der Waals surface area contributed by atoms with Crippen LogP contribution in [0.3, 0.4) is 0 Å². The summed E-state index contributed by atoms with van der Waals surface area (Å²) >= 11 is 0. The predicted octanol–water partition coefficient (Wildman–Crippen LogP) is 0.206. The molecule has 0 spiro atoms. The van der Waals surface area contributed by atoms with Crippen molar-refractivity contribution in [3.8, 4) is 0 Å². The zero-order valence-corrected chi connectivity index (χ0v) is 16.1. The molecule has 2 atom stereocenters. The van der Waals surface area contributed by atoms with E-state index in [4.69, 9.17) is 0 Å². The maximum Gasteiger partial charge on any atom is 1.00 e. The van der Waals surface area contributed by atoms with Crippen molar-refractivity contribution in [1.29, 1.82) is 0 Å². The summed E-state index contributed by atoms with van der Waals surface area (Å²) in [5.41, 5.74) is 0. The molecule has 6 heteroatoms. The molecule has 0 aliphatic heterocycles. The molecule has 20 heavy (non-hydrogen) atoms. The Bertz CT molecular complexity index is 306. The molecular weight excluding hydrogens is 287 g/mol. The van der Waals surface area contributed by atoms with Crippen molar-refractivity contribution in [1.82, 2.24) is 0 Å². The van der Waals surface area contributed by atoms with Gasteiger partial charge in [-0.15, -0.1) is 0 Å². The van der Waals surface area contributed by atoms with E-state index in [1.54, 1.807) is 0 Å². The van der Waals surface area contributed by atoms with Crippen molar-refractivity contribution in [2.24, 2.45) is 0 Å². The van der Waals surface area contributed by atoms with E-state index in [-0.39, 0.29) is 35.7 Å². The Balaban J connectivity index is 0. The molecule has 116 valence electrons. The van der Waals surface area contributed by atoms with Gasteiger partial charge in [0.25, 0.3) is 0 Å². The van der Waals surface area contributed by atoms with Crippen LogP contribution in [0, 0.1) is 0 Å². The first-order chi connectivity index (χ1) is 8.88. The topological polar surface area (TPSA) is 77.4 Å². The fourth-order valence-corrected chi connectivity index (χ4v) is 2.60. The minimum absolute atomic E-state index is 0. The number of unbranched alkanes of at least 4 members (excludes halogenated alkanes) is 5. The fraction of sp³-hybridized carbons (Fsp3) is 1.00. The minimum atomic E-state index is -4.10. The first kappa shape index (κ1) is 23.1. The van der Waals surface area contributed by atoms with E-state index < -0.39 is 15.4 Å². The van der Waals surface area contributed by atoms with E-state index in [9.17, 15) is 18.1 Å². The van der Waals surface area contributed by atoms with Gasteiger partial charge in [0.15, 0.2) is 0 Å². The number of aliphatic hydroxyl groups excluding tert-OH is 1. The standard InChI is InChI=1S/C14H30O4S.Na/c1-3-10-14(15)12-9-7-5-4-6-8-11-13(2)19(16,17)18;/h13-15H,3-12H2,1-2H3,(H,16,17,18);/q;+1/p-1. The van der Waals surface area contributed by atoms with E-state index >= 15 is 0 Å². The molecule has 4 nitrogen and oxygen atoms in total. The summed E-state index contributed by atoms with van der Waals surface area (Å²) < 4.78 is 32.0. The van der Waals surface area contributed by atoms with Crippen LogP contribution in [0.1, 0.15) is 78.1 Å². The third-order valence-electron chi connectivity index (χ3n) is 3.51. The van der Waals surface area contributed by atoms with Crippen LogP contribution in [-0.4, -0.2) is 29.4 Å². The average molecular weight is 316 g/mol. The summed E-state index contributed by atoms with van der Waals surface area (Å²) in [5, 5.41) is 8.79. The van der Waals surface area contributed by atoms with Crippen LogP contribution in [-0.2, 0) is 10.1 Å². The summed E-state index contributed by atoms with van der Waals surface area (Å²) in [5.74, 6) is 0. The SMILES string of the molecule is CCCC(O)CCCCCCCCC(C)S(=O)(=O)[O-].[Na+]. The summed E-state index contributed by atoms with van der Waals surface area (Å²) in [4.78, 5) is 0. The van der Waals surface area contributed by atoms with Crippen LogP contribution in [0.4, 0.5) is 0 Å². The van der Waals surface area contributed by atoms with Gasteiger partial charge >= 0.3 is 29.6 Å². The van der Waals surface area contributed by atoms with E-state index in [2.05, 4.69) is 6.92 Å². The minimum Gasteiger partial charge on any atom is -0.748 e. The largest absolute Gasteiger partial charge is 1.00 e. The molecule has 0 amide bonds. The molecular formula is C14H29NaO4S. The van der Waals surface area contributed by atoms with Gasteiger partial charge in [-0.1, -0.05) is 51.9 Å². The normalized spacial score (nSPS) is 14.6. The third-order valence-corrected chi connectivity index (χ3v) is 4.73. The van der Waals surface area contributed by atoms with Gasteiger partial charge in [0.05, 0.1) is 16.2 Å². The zero-order valence-electron chi connectivity index (χ0n) is 13.3. The summed E-state index contributed by atoms with van der Waals surface area (Å²) in [6.45, 7) is 3.56. The maximum atomic E-state index is 10.7. The molecule has 0 aliphatic rings. The van der Waals surface area contributed by atoms with Crippen LogP contribution in [0.15, 0.2) is 0 Å². The molecule has 2 unspecified atom stereocenters. The molecule has 0 saturated heterocycles. The van der Waals surface area contributed by atoms with Gasteiger partial charge < -0.3 is 9.66 Å². The second-order valence-electron chi connectivity index (χ2n) is 5.44. The Morgan fingerprint density at radius 2 is 1.40 bits per heavy atom. The zero-order chi connectivity index (χ0) is 14.7. The Labute approximate surface area is 146 Å². The second kappa shape index (κ2) is 13.5.